The third-order valence-corrected chi connectivity index (χ3v) is 9.01. The molecule has 0 aliphatic heterocycles. The predicted molar refractivity (Wildman–Crippen MR) is 118 cm³/mol. The summed E-state index contributed by atoms with van der Waals surface area (Å²) in [7, 11) is -1.29. The number of rotatable bonds is 6. The van der Waals surface area contributed by atoms with Gasteiger partial charge in [-0.15, -0.1) is 0 Å². The average Bonchev–Trinajstić information content (AvgIpc) is 2.85. The monoisotopic (exact) mass is 512 g/mol. The van der Waals surface area contributed by atoms with Crippen molar-refractivity contribution in [1.29, 1.82) is 0 Å². The molecule has 0 aliphatic rings. The van der Waals surface area contributed by atoms with Gasteiger partial charge in [-0.25, -0.2) is 0 Å². The quantitative estimate of drug-likeness (QED) is 0.231. The van der Waals surface area contributed by atoms with Gasteiger partial charge < -0.3 is 37.2 Å². The van der Waals surface area contributed by atoms with Crippen molar-refractivity contribution in [3.05, 3.63) is 88.5 Å². The van der Waals surface area contributed by atoms with Gasteiger partial charge in [-0.3, -0.25) is 0 Å². The zero-order valence-corrected chi connectivity index (χ0v) is 23.5. The smallest absolute Gasteiger partial charge is 1.00 e. The van der Waals surface area contributed by atoms with Crippen LogP contribution in [0.3, 0.4) is 0 Å². The molecule has 0 aliphatic carbocycles. The fourth-order valence-electron chi connectivity index (χ4n) is 4.15. The number of benzene rings is 2. The van der Waals surface area contributed by atoms with Gasteiger partial charge >= 0.3 is 21.7 Å². The first kappa shape index (κ1) is 31.8. The van der Waals surface area contributed by atoms with Crippen LogP contribution in [-0.4, -0.2) is 8.80 Å². The molecule has 0 aromatic heterocycles. The van der Waals surface area contributed by atoms with Gasteiger partial charge in [-0.05, 0) is 12.3 Å². The summed E-state index contributed by atoms with van der Waals surface area (Å²) in [6.07, 6.45) is 1.19. The largest absolute Gasteiger partial charge is 4.00 e. The second-order valence-electron chi connectivity index (χ2n) is 8.01. The number of hydrogen-bond acceptors (Lipinski definition) is 0. The van der Waals surface area contributed by atoms with Crippen LogP contribution < -0.4 is 47.6 Å². The first-order chi connectivity index (χ1) is 12.5. The maximum atomic E-state index is 2.34. The average molecular weight is 514 g/mol. The second kappa shape index (κ2) is 14.6. The van der Waals surface area contributed by atoms with Gasteiger partial charge in [-0.1, -0.05) is 112 Å². The molecule has 0 N–H and O–H groups in total. The zero-order chi connectivity index (χ0) is 18.7. The van der Waals surface area contributed by atoms with Crippen LogP contribution in [-0.2, 0) is 34.2 Å². The van der Waals surface area contributed by atoms with E-state index < -0.39 is 8.80 Å². The molecule has 3 aromatic rings. The molecule has 0 saturated carbocycles. The van der Waals surface area contributed by atoms with Gasteiger partial charge in [-0.2, -0.15) is 27.8 Å². The molecule has 0 unspecified atom stereocenters. The summed E-state index contributed by atoms with van der Waals surface area (Å²) in [6, 6.07) is 23.6. The maximum Gasteiger partial charge on any atom is 4.00 e. The Balaban J connectivity index is 0. The minimum atomic E-state index is -1.29. The first-order valence-electron chi connectivity index (χ1n) is 9.83. The molecular weight excluding hydrogens is 483 g/mol. The Morgan fingerprint density at radius 1 is 0.733 bits per heavy atom. The Kier molecular flexibility index (Phi) is 15.5. The van der Waals surface area contributed by atoms with Crippen LogP contribution in [0.5, 0.6) is 0 Å². The topological polar surface area (TPSA) is 0 Å². The predicted octanol–water partition coefficient (Wildman–Crippen LogP) is -4.34. The van der Waals surface area contributed by atoms with Gasteiger partial charge in [0.25, 0.3) is 0 Å². The van der Waals surface area contributed by atoms with E-state index in [1.165, 1.54) is 29.2 Å². The van der Waals surface area contributed by atoms with Crippen LogP contribution in [0.4, 0.5) is 0 Å². The van der Waals surface area contributed by atoms with Crippen molar-refractivity contribution < 1.29 is 58.9 Å². The van der Waals surface area contributed by atoms with Gasteiger partial charge in [0.2, 0.25) is 0 Å². The van der Waals surface area contributed by atoms with E-state index >= 15 is 0 Å². The third-order valence-electron chi connectivity index (χ3n) is 5.82. The van der Waals surface area contributed by atoms with Crippen LogP contribution in [0.25, 0.3) is 0 Å². The van der Waals surface area contributed by atoms with Crippen molar-refractivity contribution in [2.24, 2.45) is 5.92 Å². The molecule has 0 bridgehead atoms. The van der Waals surface area contributed by atoms with Crippen LogP contribution in [0.1, 0.15) is 41.7 Å². The van der Waals surface area contributed by atoms with E-state index in [-0.39, 0.29) is 58.9 Å². The molecule has 0 atom stereocenters. The van der Waals surface area contributed by atoms with E-state index in [1.807, 2.05) is 0 Å². The Labute approximate surface area is 218 Å². The molecule has 0 radical (unpaired) electrons. The summed E-state index contributed by atoms with van der Waals surface area (Å²) in [5.41, 5.74) is 7.82. The number of hydrogen-bond donors (Lipinski definition) is 0. The van der Waals surface area contributed by atoms with Crippen LogP contribution in [0.2, 0.25) is 0 Å². The van der Waals surface area contributed by atoms with Crippen molar-refractivity contribution >= 4 is 19.2 Å². The SMILES string of the molecule is Cc1c(C)c(CC(C)C)[c-](C[SiH](c2ccccc2)c2ccccc2)c1C.[Cl-].[Cl-].[Cl-].[Ti+4]. The first-order valence-corrected chi connectivity index (χ1v) is 11.8. The van der Waals surface area contributed by atoms with E-state index in [0.29, 0.717) is 5.92 Å². The summed E-state index contributed by atoms with van der Waals surface area (Å²) in [4.78, 5) is 0. The Hall–Kier alpha value is -0.409. The normalized spacial score (nSPS) is 9.97. The molecule has 0 amide bonds. The van der Waals surface area contributed by atoms with E-state index in [4.69, 9.17) is 0 Å². The summed E-state index contributed by atoms with van der Waals surface area (Å²) < 4.78 is 0. The maximum absolute atomic E-state index is 2.34. The molecule has 0 heterocycles. The van der Waals surface area contributed by atoms with E-state index in [0.717, 1.165) is 0 Å². The Bertz CT molecular complexity index is 822. The molecule has 3 rings (SSSR count). The third kappa shape index (κ3) is 7.33. The molecule has 0 nitrogen and oxygen atoms in total. The summed E-state index contributed by atoms with van der Waals surface area (Å²) in [6.45, 7) is 11.6. The van der Waals surface area contributed by atoms with E-state index in [2.05, 4.69) is 95.3 Å². The van der Waals surface area contributed by atoms with Gasteiger partial charge in [0.05, 0.1) is 8.80 Å². The summed E-state index contributed by atoms with van der Waals surface area (Å²) in [5, 5.41) is 3.09. The van der Waals surface area contributed by atoms with Gasteiger partial charge in [0.15, 0.2) is 0 Å². The van der Waals surface area contributed by atoms with Crippen LogP contribution in [0.15, 0.2) is 60.7 Å². The second-order valence-corrected chi connectivity index (χ2v) is 10.9. The number of halogens is 3. The molecule has 3 aromatic carbocycles. The van der Waals surface area contributed by atoms with E-state index in [9.17, 15) is 0 Å². The van der Waals surface area contributed by atoms with Crippen molar-refractivity contribution in [3.63, 3.8) is 0 Å². The Morgan fingerprint density at radius 2 is 1.17 bits per heavy atom. The molecule has 0 saturated heterocycles. The van der Waals surface area contributed by atoms with Crippen LogP contribution in [0, 0.1) is 26.7 Å². The van der Waals surface area contributed by atoms with Crippen LogP contribution >= 0.6 is 0 Å². The molecule has 0 fully saturated rings. The molecular formula is C25H31Cl3SiTi. The fraction of sp³-hybridized carbons (Fsp3) is 0.320. The van der Waals surface area contributed by atoms with Gasteiger partial charge in [0, 0.05) is 0 Å². The molecule has 160 valence electrons. The van der Waals surface area contributed by atoms with Gasteiger partial charge in [0.1, 0.15) is 0 Å². The fourth-order valence-corrected chi connectivity index (χ4v) is 7.34. The minimum absolute atomic E-state index is 0. The van der Waals surface area contributed by atoms with E-state index in [1.54, 1.807) is 21.5 Å². The Morgan fingerprint density at radius 3 is 1.57 bits per heavy atom. The summed E-state index contributed by atoms with van der Waals surface area (Å²) in [5.74, 6) is 0.696. The van der Waals surface area contributed by atoms with Crippen molar-refractivity contribution in [2.45, 2.75) is 47.1 Å². The minimum Gasteiger partial charge on any atom is -1.00 e. The molecule has 5 heteroatoms. The zero-order valence-electron chi connectivity index (χ0n) is 18.5. The summed E-state index contributed by atoms with van der Waals surface area (Å²) >= 11 is 0. The van der Waals surface area contributed by atoms with Crippen molar-refractivity contribution in [3.8, 4) is 0 Å². The molecule has 0 spiro atoms. The van der Waals surface area contributed by atoms with Crippen molar-refractivity contribution in [2.75, 3.05) is 0 Å². The van der Waals surface area contributed by atoms with Crippen molar-refractivity contribution in [1.82, 2.24) is 0 Å². The standard InChI is InChI=1S/C25H31Si.3ClH.Ti/c1-18(2)16-24-20(4)19(3)21(5)25(24)17-26(22-12-8-6-9-13-22)23-14-10-7-11-15-23;;;;/h6-15,18,26H,16-17H2,1-5H3;3*1H;/q-1;;;;+4/p-3. The molecule has 30 heavy (non-hydrogen) atoms.